The predicted octanol–water partition coefficient (Wildman–Crippen LogP) is 12.0. The summed E-state index contributed by atoms with van der Waals surface area (Å²) in [5.41, 5.74) is 5.74. The van der Waals surface area contributed by atoms with Gasteiger partial charge in [-0.05, 0) is 32.2 Å². The summed E-state index contributed by atoms with van der Waals surface area (Å²) in [6.45, 7) is 6.99. The highest BCUT2D eigenvalue weighted by atomic mass is 16.7. The molecule has 0 aromatic rings. The van der Waals surface area contributed by atoms with Crippen LogP contribution in [0.2, 0.25) is 0 Å². The Morgan fingerprint density at radius 1 is 0.359 bits per heavy atom. The Kier molecular flexibility index (Phi) is 35.8. The summed E-state index contributed by atoms with van der Waals surface area (Å²) < 4.78 is 12.2. The average Bonchev–Trinajstić information content (AvgIpc) is 2.95. The normalized spacial score (nSPS) is 11.7. The van der Waals surface area contributed by atoms with E-state index in [1.54, 1.807) is 0 Å². The lowest BCUT2D eigenvalue weighted by Gasteiger charge is -2.18. The van der Waals surface area contributed by atoms with E-state index in [9.17, 15) is 0 Å². The molecule has 0 unspecified atom stereocenters. The van der Waals surface area contributed by atoms with Gasteiger partial charge in [-0.25, -0.2) is 0 Å². The Labute approximate surface area is 247 Å². The van der Waals surface area contributed by atoms with Crippen LogP contribution in [0.5, 0.6) is 0 Å². The Morgan fingerprint density at radius 3 is 0.872 bits per heavy atom. The molecule has 3 nitrogen and oxygen atoms in total. The maximum atomic E-state index is 6.09. The van der Waals surface area contributed by atoms with Crippen LogP contribution in [-0.4, -0.2) is 26.0 Å². The lowest BCUT2D eigenvalue weighted by molar-refractivity contribution is -0.147. The molecule has 0 bridgehead atoms. The summed E-state index contributed by atoms with van der Waals surface area (Å²) in [5.74, 6) is 0. The molecule has 0 amide bonds. The third-order valence-corrected chi connectivity index (χ3v) is 8.25. The van der Waals surface area contributed by atoms with E-state index in [0.717, 1.165) is 32.6 Å². The molecule has 0 aromatic heterocycles. The highest BCUT2D eigenvalue weighted by Crippen LogP contribution is 2.15. The van der Waals surface area contributed by atoms with Crippen molar-refractivity contribution in [2.75, 3.05) is 19.8 Å². The third-order valence-electron chi connectivity index (χ3n) is 8.25. The van der Waals surface area contributed by atoms with Crippen molar-refractivity contribution in [3.05, 3.63) is 0 Å². The maximum Gasteiger partial charge on any atom is 0.157 e. The van der Waals surface area contributed by atoms with E-state index >= 15 is 0 Å². The van der Waals surface area contributed by atoms with Crippen LogP contribution < -0.4 is 5.73 Å². The molecule has 0 aliphatic heterocycles. The molecule has 2 N–H and O–H groups in total. The average molecular weight is 554 g/mol. The van der Waals surface area contributed by atoms with Crippen molar-refractivity contribution in [1.82, 2.24) is 0 Å². The number of rotatable bonds is 35. The van der Waals surface area contributed by atoms with Crippen molar-refractivity contribution >= 4 is 0 Å². The zero-order valence-corrected chi connectivity index (χ0v) is 27.3. The molecule has 3 heteroatoms. The molecule has 0 aliphatic rings. The summed E-state index contributed by atoms with van der Waals surface area (Å²) >= 11 is 0. The number of unbranched alkanes of at least 4 members (excludes halogenated alkanes) is 26. The van der Waals surface area contributed by atoms with Crippen LogP contribution in [0.1, 0.15) is 206 Å². The minimum Gasteiger partial charge on any atom is -0.353 e. The van der Waals surface area contributed by atoms with Gasteiger partial charge in [0.1, 0.15) is 0 Å². The first kappa shape index (κ1) is 38.9. The van der Waals surface area contributed by atoms with Gasteiger partial charge in [-0.15, -0.1) is 0 Å². The fraction of sp³-hybridized carbons (Fsp3) is 1.00. The van der Waals surface area contributed by atoms with Crippen LogP contribution in [-0.2, 0) is 9.47 Å². The van der Waals surface area contributed by atoms with Gasteiger partial charge in [0.2, 0.25) is 0 Å². The quantitative estimate of drug-likeness (QED) is 0.0627. The molecule has 0 aromatic carbocycles. The van der Waals surface area contributed by atoms with Gasteiger partial charge in [-0.3, -0.25) is 0 Å². The summed E-state index contributed by atoms with van der Waals surface area (Å²) in [5, 5.41) is 0. The molecule has 0 fully saturated rings. The van der Waals surface area contributed by atoms with Gasteiger partial charge in [0.15, 0.2) is 6.29 Å². The molecule has 0 saturated carbocycles. The van der Waals surface area contributed by atoms with Crippen LogP contribution in [0.25, 0.3) is 0 Å². The van der Waals surface area contributed by atoms with Gasteiger partial charge >= 0.3 is 0 Å². The molecule has 0 heterocycles. The van der Waals surface area contributed by atoms with Crippen molar-refractivity contribution in [3.63, 3.8) is 0 Å². The highest BCUT2D eigenvalue weighted by molar-refractivity contribution is 4.53. The largest absolute Gasteiger partial charge is 0.353 e. The van der Waals surface area contributed by atoms with Gasteiger partial charge in [0.05, 0.1) is 0 Å². The molecule has 236 valence electrons. The first-order valence-corrected chi connectivity index (χ1v) is 18.3. The highest BCUT2D eigenvalue weighted by Gasteiger charge is 2.08. The van der Waals surface area contributed by atoms with E-state index < -0.39 is 0 Å². The van der Waals surface area contributed by atoms with Crippen molar-refractivity contribution in [1.29, 1.82) is 0 Å². The SMILES string of the molecule is CCCCCCCCCCCCCCCCOC(CCCN)OCCCCCCCCCCCCCCCC. The number of hydrogen-bond donors (Lipinski definition) is 1. The van der Waals surface area contributed by atoms with Gasteiger partial charge in [0.25, 0.3) is 0 Å². The number of hydrogen-bond acceptors (Lipinski definition) is 3. The number of ether oxygens (including phenoxy) is 2. The zero-order valence-electron chi connectivity index (χ0n) is 27.3. The topological polar surface area (TPSA) is 44.5 Å². The summed E-state index contributed by atoms with van der Waals surface area (Å²) in [4.78, 5) is 0. The minimum absolute atomic E-state index is 0.0440. The number of nitrogens with two attached hydrogens (primary N) is 1. The van der Waals surface area contributed by atoms with Gasteiger partial charge in [-0.1, -0.05) is 181 Å². The molecular formula is C36H75NO2. The molecule has 0 radical (unpaired) electrons. The molecule has 0 aliphatic carbocycles. The van der Waals surface area contributed by atoms with Crippen molar-refractivity contribution < 1.29 is 9.47 Å². The lowest BCUT2D eigenvalue weighted by Crippen LogP contribution is -2.20. The fourth-order valence-electron chi connectivity index (χ4n) is 5.52. The smallest absolute Gasteiger partial charge is 0.157 e. The second-order valence-electron chi connectivity index (χ2n) is 12.3. The molecule has 39 heavy (non-hydrogen) atoms. The maximum absolute atomic E-state index is 6.09. The van der Waals surface area contributed by atoms with Crippen LogP contribution in [0, 0.1) is 0 Å². The minimum atomic E-state index is -0.0440. The van der Waals surface area contributed by atoms with Gasteiger partial charge in [0, 0.05) is 13.2 Å². The van der Waals surface area contributed by atoms with E-state index in [1.165, 1.54) is 180 Å². The van der Waals surface area contributed by atoms with E-state index in [-0.39, 0.29) is 6.29 Å². The van der Waals surface area contributed by atoms with E-state index in [1.807, 2.05) is 0 Å². The first-order valence-electron chi connectivity index (χ1n) is 18.3. The summed E-state index contributed by atoms with van der Waals surface area (Å²) in [6, 6.07) is 0. The second-order valence-corrected chi connectivity index (χ2v) is 12.3. The fourth-order valence-corrected chi connectivity index (χ4v) is 5.52. The Balaban J connectivity index is 3.45. The van der Waals surface area contributed by atoms with Crippen molar-refractivity contribution in [2.24, 2.45) is 5.73 Å². The summed E-state index contributed by atoms with van der Waals surface area (Å²) in [6.07, 6.45) is 40.9. The van der Waals surface area contributed by atoms with Crippen LogP contribution in [0.4, 0.5) is 0 Å². The van der Waals surface area contributed by atoms with Crippen LogP contribution in [0.3, 0.4) is 0 Å². The molecule has 0 saturated heterocycles. The first-order chi connectivity index (χ1) is 19.3. The van der Waals surface area contributed by atoms with Crippen molar-refractivity contribution in [2.45, 2.75) is 213 Å². The van der Waals surface area contributed by atoms with E-state index in [0.29, 0.717) is 0 Å². The Bertz CT molecular complexity index is 383. The van der Waals surface area contributed by atoms with E-state index in [4.69, 9.17) is 15.2 Å². The third kappa shape index (κ3) is 34.0. The standard InChI is InChI=1S/C36H75NO2/c1-3-5-7-9-11-13-15-17-19-21-23-25-27-29-34-38-36(32-31-33-37)39-35-30-28-26-24-22-20-18-16-14-12-10-8-6-4-2/h36H,3-35,37H2,1-2H3. The van der Waals surface area contributed by atoms with E-state index in [2.05, 4.69) is 13.8 Å². The zero-order chi connectivity index (χ0) is 28.3. The predicted molar refractivity (Wildman–Crippen MR) is 175 cm³/mol. The Morgan fingerprint density at radius 2 is 0.615 bits per heavy atom. The molecular weight excluding hydrogens is 478 g/mol. The Hall–Kier alpha value is -0.120. The van der Waals surface area contributed by atoms with Crippen molar-refractivity contribution in [3.8, 4) is 0 Å². The molecule has 0 spiro atoms. The van der Waals surface area contributed by atoms with Gasteiger partial charge < -0.3 is 15.2 Å². The second kappa shape index (κ2) is 35.9. The summed E-state index contributed by atoms with van der Waals surface area (Å²) in [7, 11) is 0. The van der Waals surface area contributed by atoms with Gasteiger partial charge in [-0.2, -0.15) is 0 Å². The molecule has 0 rings (SSSR count). The lowest BCUT2D eigenvalue weighted by atomic mass is 10.0. The van der Waals surface area contributed by atoms with Crippen LogP contribution >= 0.6 is 0 Å². The monoisotopic (exact) mass is 554 g/mol. The van der Waals surface area contributed by atoms with Crippen LogP contribution in [0.15, 0.2) is 0 Å². The molecule has 0 atom stereocenters.